The van der Waals surface area contributed by atoms with Crippen LogP contribution in [0.4, 0.5) is 0 Å². The molecule has 0 N–H and O–H groups in total. The van der Waals surface area contributed by atoms with Gasteiger partial charge in [-0.3, -0.25) is 0 Å². The first-order valence-electron chi connectivity index (χ1n) is 8.02. The first-order valence-corrected chi connectivity index (χ1v) is 8.77. The van der Waals surface area contributed by atoms with Crippen molar-refractivity contribution in [2.24, 2.45) is 5.92 Å². The van der Waals surface area contributed by atoms with Crippen molar-refractivity contribution >= 4 is 23.2 Å². The lowest BCUT2D eigenvalue weighted by molar-refractivity contribution is 0.442. The van der Waals surface area contributed by atoms with Crippen molar-refractivity contribution in [3.63, 3.8) is 0 Å². The quantitative estimate of drug-likeness (QED) is 0.304. The van der Waals surface area contributed by atoms with Crippen molar-refractivity contribution in [1.29, 1.82) is 0 Å². The molecule has 0 amide bonds. The Morgan fingerprint density at radius 3 is 2.06 bits per heavy atom. The zero-order valence-electron chi connectivity index (χ0n) is 12.0. The lowest BCUT2D eigenvalue weighted by atomic mass is 9.98. The van der Waals surface area contributed by atoms with Crippen LogP contribution in [0.2, 0.25) is 0 Å². The fourth-order valence-electron chi connectivity index (χ4n) is 3.08. The van der Waals surface area contributed by atoms with Gasteiger partial charge in [0.15, 0.2) is 0 Å². The average molecular weight is 293 g/mol. The molecule has 1 fully saturated rings. The maximum absolute atomic E-state index is 6.44. The number of unbranched alkanes of at least 4 members (excludes halogenated alkanes) is 6. The van der Waals surface area contributed by atoms with Crippen LogP contribution in [0.5, 0.6) is 0 Å². The van der Waals surface area contributed by atoms with E-state index in [1.165, 1.54) is 70.6 Å². The Hall–Kier alpha value is 0.580. The standard InChI is InChI=1S/C16H30Cl2/c1-2-3-4-5-6-7-10-13-16(17,18)14-15-11-8-9-12-15/h15H,2-14H2,1H3. The lowest BCUT2D eigenvalue weighted by Gasteiger charge is -2.23. The second-order valence-corrected chi connectivity index (χ2v) is 7.72. The Balaban J connectivity index is 1.98. The first-order chi connectivity index (χ1) is 8.64. The van der Waals surface area contributed by atoms with Crippen molar-refractivity contribution < 1.29 is 0 Å². The van der Waals surface area contributed by atoms with Gasteiger partial charge in [0.05, 0.1) is 0 Å². The molecule has 0 aromatic heterocycles. The molecule has 1 saturated carbocycles. The van der Waals surface area contributed by atoms with Crippen LogP contribution in [0.15, 0.2) is 0 Å². The molecule has 108 valence electrons. The molecule has 0 aliphatic heterocycles. The van der Waals surface area contributed by atoms with Crippen LogP contribution >= 0.6 is 23.2 Å². The summed E-state index contributed by atoms with van der Waals surface area (Å²) in [6, 6.07) is 0. The van der Waals surface area contributed by atoms with Gasteiger partial charge in [-0.25, -0.2) is 0 Å². The summed E-state index contributed by atoms with van der Waals surface area (Å²) in [5.41, 5.74) is 0. The Morgan fingerprint density at radius 1 is 0.889 bits per heavy atom. The minimum absolute atomic E-state index is 0.446. The van der Waals surface area contributed by atoms with E-state index in [-0.39, 0.29) is 0 Å². The molecule has 0 aromatic rings. The molecule has 2 heteroatoms. The van der Waals surface area contributed by atoms with Crippen molar-refractivity contribution in [2.75, 3.05) is 0 Å². The van der Waals surface area contributed by atoms with Gasteiger partial charge in [-0.1, -0.05) is 77.6 Å². The first kappa shape index (κ1) is 16.6. The van der Waals surface area contributed by atoms with Crippen molar-refractivity contribution in [1.82, 2.24) is 0 Å². The Bertz CT molecular complexity index is 195. The monoisotopic (exact) mass is 292 g/mol. The summed E-state index contributed by atoms with van der Waals surface area (Å²) in [6.07, 6.45) is 16.8. The van der Waals surface area contributed by atoms with E-state index in [1.54, 1.807) is 0 Å². The van der Waals surface area contributed by atoms with Gasteiger partial charge in [0.1, 0.15) is 4.33 Å². The van der Waals surface area contributed by atoms with Crippen LogP contribution in [0.3, 0.4) is 0 Å². The van der Waals surface area contributed by atoms with Gasteiger partial charge < -0.3 is 0 Å². The molecule has 1 rings (SSSR count). The molecular formula is C16H30Cl2. The SMILES string of the molecule is CCCCCCCCCC(Cl)(Cl)CC1CCCC1. The lowest BCUT2D eigenvalue weighted by Crippen LogP contribution is -2.17. The fraction of sp³-hybridized carbons (Fsp3) is 1.00. The highest BCUT2D eigenvalue weighted by Gasteiger charge is 2.29. The maximum Gasteiger partial charge on any atom is 0.118 e. The number of hydrogen-bond acceptors (Lipinski definition) is 0. The summed E-state index contributed by atoms with van der Waals surface area (Å²) in [6.45, 7) is 2.26. The second-order valence-electron chi connectivity index (χ2n) is 6.08. The summed E-state index contributed by atoms with van der Waals surface area (Å²) in [5, 5.41) is 0. The fourth-order valence-corrected chi connectivity index (χ4v) is 3.78. The van der Waals surface area contributed by atoms with E-state index in [1.807, 2.05) is 0 Å². The number of hydrogen-bond donors (Lipinski definition) is 0. The minimum atomic E-state index is -0.446. The molecule has 18 heavy (non-hydrogen) atoms. The van der Waals surface area contributed by atoms with Gasteiger partial charge in [0, 0.05) is 0 Å². The topological polar surface area (TPSA) is 0 Å². The third kappa shape index (κ3) is 7.89. The highest BCUT2D eigenvalue weighted by Crippen LogP contribution is 2.40. The van der Waals surface area contributed by atoms with Gasteiger partial charge in [0.2, 0.25) is 0 Å². The van der Waals surface area contributed by atoms with Crippen LogP contribution in [0.25, 0.3) is 0 Å². The van der Waals surface area contributed by atoms with Gasteiger partial charge in [-0.05, 0) is 18.8 Å². The number of rotatable bonds is 10. The van der Waals surface area contributed by atoms with Crippen LogP contribution in [-0.4, -0.2) is 4.33 Å². The summed E-state index contributed by atoms with van der Waals surface area (Å²) < 4.78 is -0.446. The third-order valence-corrected chi connectivity index (χ3v) is 4.89. The molecule has 0 spiro atoms. The number of halogens is 2. The molecule has 0 radical (unpaired) electrons. The second kappa shape index (κ2) is 9.48. The number of alkyl halides is 2. The molecule has 0 bridgehead atoms. The van der Waals surface area contributed by atoms with E-state index in [0.29, 0.717) is 0 Å². The predicted octanol–water partition coefficient (Wildman–Crippen LogP) is 6.88. The van der Waals surface area contributed by atoms with E-state index in [2.05, 4.69) is 6.92 Å². The van der Waals surface area contributed by atoms with Crippen LogP contribution in [-0.2, 0) is 0 Å². The Labute approximate surface area is 124 Å². The third-order valence-electron chi connectivity index (χ3n) is 4.21. The zero-order valence-corrected chi connectivity index (χ0v) is 13.5. The van der Waals surface area contributed by atoms with Crippen LogP contribution in [0.1, 0.15) is 90.4 Å². The van der Waals surface area contributed by atoms with Gasteiger partial charge >= 0.3 is 0 Å². The largest absolute Gasteiger partial charge is 0.118 e. The van der Waals surface area contributed by atoms with Gasteiger partial charge in [-0.2, -0.15) is 0 Å². The molecule has 0 atom stereocenters. The predicted molar refractivity (Wildman–Crippen MR) is 83.6 cm³/mol. The van der Waals surface area contributed by atoms with Crippen molar-refractivity contribution in [2.45, 2.75) is 94.7 Å². The summed E-state index contributed by atoms with van der Waals surface area (Å²) >= 11 is 12.9. The van der Waals surface area contributed by atoms with Crippen LogP contribution in [0, 0.1) is 5.92 Å². The maximum atomic E-state index is 6.44. The summed E-state index contributed by atoms with van der Waals surface area (Å²) in [5.74, 6) is 0.796. The molecule has 1 aliphatic rings. The Kier molecular flexibility index (Phi) is 8.76. The molecule has 0 saturated heterocycles. The van der Waals surface area contributed by atoms with E-state index >= 15 is 0 Å². The van der Waals surface area contributed by atoms with Crippen molar-refractivity contribution in [3.05, 3.63) is 0 Å². The molecule has 0 heterocycles. The van der Waals surface area contributed by atoms with E-state index in [0.717, 1.165) is 18.8 Å². The minimum Gasteiger partial charge on any atom is -0.102 e. The average Bonchev–Trinajstić information content (AvgIpc) is 2.80. The highest BCUT2D eigenvalue weighted by atomic mass is 35.5. The molecule has 1 aliphatic carbocycles. The molecule has 0 nitrogen and oxygen atoms in total. The molecule has 0 unspecified atom stereocenters. The van der Waals surface area contributed by atoms with Crippen molar-refractivity contribution in [3.8, 4) is 0 Å². The smallest absolute Gasteiger partial charge is 0.102 e. The molecular weight excluding hydrogens is 263 g/mol. The van der Waals surface area contributed by atoms with E-state index in [4.69, 9.17) is 23.2 Å². The summed E-state index contributed by atoms with van der Waals surface area (Å²) in [7, 11) is 0. The van der Waals surface area contributed by atoms with Gasteiger partial charge in [0.25, 0.3) is 0 Å². The highest BCUT2D eigenvalue weighted by molar-refractivity contribution is 6.48. The van der Waals surface area contributed by atoms with Crippen LogP contribution < -0.4 is 0 Å². The van der Waals surface area contributed by atoms with E-state index in [9.17, 15) is 0 Å². The van der Waals surface area contributed by atoms with E-state index < -0.39 is 4.33 Å². The van der Waals surface area contributed by atoms with Gasteiger partial charge in [-0.15, -0.1) is 23.2 Å². The zero-order chi connectivity index (χ0) is 13.3. The Morgan fingerprint density at radius 2 is 1.44 bits per heavy atom. The summed E-state index contributed by atoms with van der Waals surface area (Å²) in [4.78, 5) is 0. The molecule has 0 aromatic carbocycles. The normalized spacial score (nSPS) is 17.5.